The van der Waals surface area contributed by atoms with E-state index >= 15 is 0 Å². The molecule has 0 aliphatic carbocycles. The summed E-state index contributed by atoms with van der Waals surface area (Å²) >= 11 is 0. The first-order valence-electron chi connectivity index (χ1n) is 3.41. The van der Waals surface area contributed by atoms with Crippen LogP contribution < -0.4 is 0 Å². The molecule has 3 nitrogen and oxygen atoms in total. The maximum Gasteiger partial charge on any atom is 0.417 e. The minimum absolute atomic E-state index is 0.250. The van der Waals surface area contributed by atoms with Crippen molar-refractivity contribution in [3.05, 3.63) is 29.6 Å². The van der Waals surface area contributed by atoms with Crippen molar-refractivity contribution in [3.63, 3.8) is 0 Å². The normalized spacial score (nSPS) is 9.71. The molecule has 0 atom stereocenters. The SMILES string of the molecule is Cc1ccc(C(F)(F)F)cn1.O=C=O. The maximum atomic E-state index is 11.9. The van der Waals surface area contributed by atoms with Crippen LogP contribution in [0.1, 0.15) is 11.3 Å². The third-order valence-corrected chi connectivity index (χ3v) is 1.24. The highest BCUT2D eigenvalue weighted by Gasteiger charge is 2.30. The Bertz CT molecular complexity index is 312. The molecule has 0 bridgehead atoms. The Morgan fingerprint density at radius 1 is 1.29 bits per heavy atom. The van der Waals surface area contributed by atoms with Gasteiger partial charge in [0.1, 0.15) is 0 Å². The van der Waals surface area contributed by atoms with Crippen molar-refractivity contribution in [1.82, 2.24) is 4.98 Å². The first-order valence-corrected chi connectivity index (χ1v) is 3.41. The molecular weight excluding hydrogens is 199 g/mol. The predicted molar refractivity (Wildman–Crippen MR) is 39.0 cm³/mol. The van der Waals surface area contributed by atoms with Gasteiger partial charge in [-0.15, -0.1) is 0 Å². The van der Waals surface area contributed by atoms with Crippen molar-refractivity contribution in [2.75, 3.05) is 0 Å². The summed E-state index contributed by atoms with van der Waals surface area (Å²) in [5.74, 6) is 0. The van der Waals surface area contributed by atoms with Gasteiger partial charge in [0.2, 0.25) is 0 Å². The Morgan fingerprint density at radius 2 is 1.79 bits per heavy atom. The molecule has 0 radical (unpaired) electrons. The smallest absolute Gasteiger partial charge is 0.261 e. The predicted octanol–water partition coefficient (Wildman–Crippen LogP) is 1.83. The fourth-order valence-electron chi connectivity index (χ4n) is 0.635. The van der Waals surface area contributed by atoms with Crippen molar-refractivity contribution >= 4 is 6.15 Å². The summed E-state index contributed by atoms with van der Waals surface area (Å²) in [6, 6.07) is 2.35. The van der Waals surface area contributed by atoms with Crippen LogP contribution in [-0.4, -0.2) is 11.1 Å². The number of nitrogens with zero attached hydrogens (tertiary/aromatic N) is 1. The summed E-state index contributed by atoms with van der Waals surface area (Å²) in [6.45, 7) is 1.64. The van der Waals surface area contributed by atoms with Crippen molar-refractivity contribution in [2.45, 2.75) is 13.1 Å². The Balaban J connectivity index is 0.000000500. The third kappa shape index (κ3) is 4.37. The quantitative estimate of drug-likeness (QED) is 0.649. The first kappa shape index (κ1) is 12.3. The van der Waals surface area contributed by atoms with Crippen LogP contribution in [0.15, 0.2) is 18.3 Å². The molecule has 0 fully saturated rings. The average Bonchev–Trinajstić information content (AvgIpc) is 2.04. The van der Waals surface area contributed by atoms with Crippen LogP contribution in [0.2, 0.25) is 0 Å². The minimum atomic E-state index is -4.28. The second kappa shape index (κ2) is 5.14. The van der Waals surface area contributed by atoms with E-state index in [0.29, 0.717) is 5.69 Å². The van der Waals surface area contributed by atoms with E-state index in [1.807, 2.05) is 0 Å². The average molecular weight is 205 g/mol. The zero-order valence-electron chi connectivity index (χ0n) is 7.13. The molecule has 0 aliphatic rings. The first-order chi connectivity index (χ1) is 6.41. The fraction of sp³-hybridized carbons (Fsp3) is 0.250. The van der Waals surface area contributed by atoms with Crippen molar-refractivity contribution in [1.29, 1.82) is 0 Å². The molecular formula is C8H6F3NO2. The zero-order chi connectivity index (χ0) is 11.2. The molecule has 0 aromatic carbocycles. The molecule has 14 heavy (non-hydrogen) atoms. The summed E-state index contributed by atoms with van der Waals surface area (Å²) in [6.07, 6.45) is -3.20. The summed E-state index contributed by atoms with van der Waals surface area (Å²) in [7, 11) is 0. The molecule has 0 aliphatic heterocycles. The lowest BCUT2D eigenvalue weighted by Crippen LogP contribution is -2.05. The number of carbonyl (C=O) groups excluding carboxylic acids is 2. The van der Waals surface area contributed by atoms with Crippen LogP contribution in [0.5, 0.6) is 0 Å². The van der Waals surface area contributed by atoms with Gasteiger partial charge in [-0.2, -0.15) is 22.8 Å². The number of alkyl halides is 3. The van der Waals surface area contributed by atoms with Gasteiger partial charge in [0.15, 0.2) is 0 Å². The lowest BCUT2D eigenvalue weighted by atomic mass is 10.2. The largest absolute Gasteiger partial charge is 0.417 e. The molecule has 1 aromatic rings. The molecule has 0 amide bonds. The Kier molecular flexibility index (Phi) is 4.52. The lowest BCUT2D eigenvalue weighted by Gasteiger charge is -2.04. The second-order valence-corrected chi connectivity index (χ2v) is 2.27. The molecule has 1 aromatic heterocycles. The minimum Gasteiger partial charge on any atom is -0.261 e. The van der Waals surface area contributed by atoms with Crippen molar-refractivity contribution < 1.29 is 22.8 Å². The Hall–Kier alpha value is -1.68. The van der Waals surface area contributed by atoms with Gasteiger partial charge in [0, 0.05) is 11.9 Å². The maximum absolute atomic E-state index is 11.9. The lowest BCUT2D eigenvalue weighted by molar-refractivity contribution is -0.191. The molecule has 0 N–H and O–H groups in total. The van der Waals surface area contributed by atoms with Crippen LogP contribution in [0, 0.1) is 6.92 Å². The van der Waals surface area contributed by atoms with Crippen molar-refractivity contribution in [3.8, 4) is 0 Å². The number of aryl methyl sites for hydroxylation is 1. The second-order valence-electron chi connectivity index (χ2n) is 2.27. The van der Waals surface area contributed by atoms with E-state index in [1.54, 1.807) is 6.92 Å². The molecule has 0 saturated heterocycles. The van der Waals surface area contributed by atoms with Crippen LogP contribution in [0.3, 0.4) is 0 Å². The Labute approximate surface area is 77.6 Å². The number of halogens is 3. The van der Waals surface area contributed by atoms with E-state index in [1.165, 1.54) is 6.07 Å². The topological polar surface area (TPSA) is 47.0 Å². The third-order valence-electron chi connectivity index (χ3n) is 1.24. The van der Waals surface area contributed by atoms with E-state index in [9.17, 15) is 13.2 Å². The number of hydrogen-bond acceptors (Lipinski definition) is 3. The zero-order valence-corrected chi connectivity index (χ0v) is 7.13. The van der Waals surface area contributed by atoms with Gasteiger partial charge >= 0.3 is 12.3 Å². The van der Waals surface area contributed by atoms with Gasteiger partial charge in [-0.25, -0.2) is 0 Å². The van der Waals surface area contributed by atoms with Gasteiger partial charge < -0.3 is 0 Å². The van der Waals surface area contributed by atoms with Gasteiger partial charge in [0.05, 0.1) is 5.56 Å². The molecule has 0 unspecified atom stereocenters. The van der Waals surface area contributed by atoms with E-state index in [0.717, 1.165) is 12.3 Å². The highest BCUT2D eigenvalue weighted by Crippen LogP contribution is 2.28. The summed E-state index contributed by atoms with van der Waals surface area (Å²) in [4.78, 5) is 19.8. The number of pyridine rings is 1. The van der Waals surface area contributed by atoms with Crippen molar-refractivity contribution in [2.24, 2.45) is 0 Å². The molecule has 0 saturated carbocycles. The van der Waals surface area contributed by atoms with Crippen LogP contribution >= 0.6 is 0 Å². The molecule has 6 heteroatoms. The monoisotopic (exact) mass is 205 g/mol. The van der Waals surface area contributed by atoms with Gasteiger partial charge in [-0.05, 0) is 19.1 Å². The molecule has 1 heterocycles. The highest BCUT2D eigenvalue weighted by atomic mass is 19.4. The van der Waals surface area contributed by atoms with Crippen LogP contribution in [0.4, 0.5) is 13.2 Å². The van der Waals surface area contributed by atoms with Crippen LogP contribution in [-0.2, 0) is 15.8 Å². The summed E-state index contributed by atoms with van der Waals surface area (Å²) in [5, 5.41) is 0. The standard InChI is InChI=1S/C7H6F3N.CO2/c1-5-2-3-6(4-11-5)7(8,9)10;2-1-3/h2-4H,1H3;. The van der Waals surface area contributed by atoms with Gasteiger partial charge in [0.25, 0.3) is 0 Å². The molecule has 1 rings (SSSR count). The molecule has 76 valence electrons. The number of hydrogen-bond donors (Lipinski definition) is 0. The van der Waals surface area contributed by atoms with E-state index in [2.05, 4.69) is 4.98 Å². The Morgan fingerprint density at radius 3 is 2.07 bits per heavy atom. The fourth-order valence-corrected chi connectivity index (χ4v) is 0.635. The number of aromatic nitrogens is 1. The number of rotatable bonds is 0. The summed E-state index contributed by atoms with van der Waals surface area (Å²) in [5.41, 5.74) is -0.124. The van der Waals surface area contributed by atoms with E-state index < -0.39 is 11.7 Å². The highest BCUT2D eigenvalue weighted by molar-refractivity contribution is 5.20. The summed E-state index contributed by atoms with van der Waals surface area (Å²) < 4.78 is 35.6. The van der Waals surface area contributed by atoms with Gasteiger partial charge in [-0.3, -0.25) is 4.98 Å². The van der Waals surface area contributed by atoms with E-state index in [-0.39, 0.29) is 6.15 Å². The van der Waals surface area contributed by atoms with Crippen LogP contribution in [0.25, 0.3) is 0 Å². The van der Waals surface area contributed by atoms with Gasteiger partial charge in [-0.1, -0.05) is 0 Å². The molecule has 0 spiro atoms. The van der Waals surface area contributed by atoms with E-state index in [4.69, 9.17) is 9.59 Å².